The highest BCUT2D eigenvalue weighted by atomic mass is 35.5. The number of aryl methyl sites for hydroxylation is 1. The summed E-state index contributed by atoms with van der Waals surface area (Å²) in [5.41, 5.74) is -0.669. The molecule has 1 atom stereocenters. The summed E-state index contributed by atoms with van der Waals surface area (Å²) in [6.07, 6.45) is 1.04. The number of likely N-dealkylation sites (N-methyl/N-ethyl adjacent to an activating group) is 1. The third-order valence-corrected chi connectivity index (χ3v) is 6.44. The predicted molar refractivity (Wildman–Crippen MR) is 109 cm³/mol. The van der Waals surface area contributed by atoms with Crippen LogP contribution in [0.4, 0.5) is 0 Å². The summed E-state index contributed by atoms with van der Waals surface area (Å²) in [7, 11) is -1.50. The molecule has 0 radical (unpaired) electrons. The van der Waals surface area contributed by atoms with E-state index < -0.39 is 26.2 Å². The lowest BCUT2D eigenvalue weighted by Crippen LogP contribution is -2.43. The van der Waals surface area contributed by atoms with Gasteiger partial charge in [0.05, 0.1) is 0 Å². The van der Waals surface area contributed by atoms with Crippen LogP contribution in [-0.4, -0.2) is 42.1 Å². The fourth-order valence-electron chi connectivity index (χ4n) is 3.07. The van der Waals surface area contributed by atoms with Crippen LogP contribution < -0.4 is 16.0 Å². The second-order valence-electron chi connectivity index (χ2n) is 6.36. The van der Waals surface area contributed by atoms with E-state index in [9.17, 15) is 18.0 Å². The van der Waals surface area contributed by atoms with Crippen LogP contribution in [0.2, 0.25) is 5.02 Å². The molecule has 8 nitrogen and oxygen atoms in total. The molecule has 0 amide bonds. The number of nitrogens with zero attached hydrogens (tertiary/aromatic N) is 3. The van der Waals surface area contributed by atoms with Gasteiger partial charge in [-0.2, -0.15) is 0 Å². The molecule has 1 N–H and O–H groups in total. The van der Waals surface area contributed by atoms with E-state index in [4.69, 9.17) is 11.6 Å². The Morgan fingerprint density at radius 2 is 1.75 bits per heavy atom. The Labute approximate surface area is 169 Å². The second kappa shape index (κ2) is 9.04. The molecule has 0 bridgehead atoms. The fraction of sp³-hybridized carbons (Fsp3) is 0.444. The zero-order chi connectivity index (χ0) is 21.1. The van der Waals surface area contributed by atoms with Crippen molar-refractivity contribution in [2.24, 2.45) is 14.1 Å². The van der Waals surface area contributed by atoms with Crippen molar-refractivity contribution in [2.75, 3.05) is 19.6 Å². The highest BCUT2D eigenvalue weighted by molar-refractivity contribution is 7.89. The Bertz CT molecular complexity index is 1060. The summed E-state index contributed by atoms with van der Waals surface area (Å²) in [5, 5.41) is 0.539. The Morgan fingerprint density at radius 3 is 2.32 bits per heavy atom. The van der Waals surface area contributed by atoms with Crippen LogP contribution in [0.1, 0.15) is 25.5 Å². The summed E-state index contributed by atoms with van der Waals surface area (Å²) in [5.74, 6) is 0. The van der Waals surface area contributed by atoms with E-state index in [1.54, 1.807) is 6.07 Å². The predicted octanol–water partition coefficient (Wildman–Crippen LogP) is 1.10. The Balaban J connectivity index is 2.41. The largest absolute Gasteiger partial charge is 0.330 e. The number of benzene rings is 1. The van der Waals surface area contributed by atoms with Gasteiger partial charge < -0.3 is 4.57 Å². The molecule has 1 aromatic heterocycles. The van der Waals surface area contributed by atoms with Crippen molar-refractivity contribution in [1.82, 2.24) is 18.8 Å². The summed E-state index contributed by atoms with van der Waals surface area (Å²) >= 11 is 6.33. The number of hydrogen-bond donors (Lipinski definition) is 1. The first kappa shape index (κ1) is 22.4. The summed E-state index contributed by atoms with van der Waals surface area (Å²) < 4.78 is 29.9. The lowest BCUT2D eigenvalue weighted by atomic mass is 10.1. The lowest BCUT2D eigenvalue weighted by molar-refractivity contribution is 0.220. The number of nitrogens with one attached hydrogen (secondary N) is 1. The molecule has 2 aromatic rings. The average Bonchev–Trinajstić information content (AvgIpc) is 2.67. The molecule has 0 saturated carbocycles. The van der Waals surface area contributed by atoms with Crippen molar-refractivity contribution in [3.8, 4) is 0 Å². The fourth-order valence-corrected chi connectivity index (χ4v) is 4.53. The van der Waals surface area contributed by atoms with Gasteiger partial charge in [0.25, 0.3) is 5.56 Å². The van der Waals surface area contributed by atoms with Crippen LogP contribution >= 0.6 is 11.6 Å². The monoisotopic (exact) mass is 428 g/mol. The molecule has 1 heterocycles. The minimum absolute atomic E-state index is 0.0275. The molecule has 28 heavy (non-hydrogen) atoms. The minimum Gasteiger partial charge on any atom is -0.302 e. The van der Waals surface area contributed by atoms with Gasteiger partial charge in [-0.05, 0) is 24.7 Å². The van der Waals surface area contributed by atoms with Gasteiger partial charge in [-0.1, -0.05) is 43.6 Å². The molecule has 1 unspecified atom stereocenters. The third-order valence-electron chi connectivity index (χ3n) is 4.69. The first-order valence-electron chi connectivity index (χ1n) is 8.88. The zero-order valence-corrected chi connectivity index (χ0v) is 17.9. The van der Waals surface area contributed by atoms with Gasteiger partial charge in [0.1, 0.15) is 0 Å². The molecule has 2 rings (SSSR count). The molecule has 154 valence electrons. The summed E-state index contributed by atoms with van der Waals surface area (Å²) in [4.78, 5) is 25.7. The first-order chi connectivity index (χ1) is 13.1. The molecule has 0 aliphatic heterocycles. The highest BCUT2D eigenvalue weighted by Gasteiger charge is 2.26. The Kier molecular flexibility index (Phi) is 7.22. The quantitative estimate of drug-likeness (QED) is 0.679. The topological polar surface area (TPSA) is 93.4 Å². The minimum atomic E-state index is -4.13. The van der Waals surface area contributed by atoms with Crippen molar-refractivity contribution >= 4 is 21.6 Å². The van der Waals surface area contributed by atoms with Gasteiger partial charge in [0.15, 0.2) is 4.90 Å². The van der Waals surface area contributed by atoms with Gasteiger partial charge in [-0.25, -0.2) is 17.9 Å². The van der Waals surface area contributed by atoms with E-state index in [0.717, 1.165) is 20.9 Å². The maximum atomic E-state index is 12.8. The highest BCUT2D eigenvalue weighted by Crippen LogP contribution is 2.27. The van der Waals surface area contributed by atoms with Crippen molar-refractivity contribution in [2.45, 2.75) is 24.8 Å². The number of halogens is 1. The third kappa shape index (κ3) is 4.54. The maximum absolute atomic E-state index is 12.8. The average molecular weight is 429 g/mol. The van der Waals surface area contributed by atoms with E-state index in [-0.39, 0.29) is 12.6 Å². The van der Waals surface area contributed by atoms with Gasteiger partial charge in [-0.3, -0.25) is 14.3 Å². The Hall–Kier alpha value is -1.94. The van der Waals surface area contributed by atoms with Crippen LogP contribution in [-0.2, 0) is 24.1 Å². The normalized spacial score (nSPS) is 13.1. The van der Waals surface area contributed by atoms with Gasteiger partial charge in [-0.15, -0.1) is 0 Å². The standard InChI is InChI=1S/C18H25ClN4O4S/c1-5-23(6-2)15(13-9-7-8-10-14(13)19)11-20-28(26,27)16-12-21(3)18(25)22(4)17(16)24/h7-10,12,15,20H,5-6,11H2,1-4H3. The van der Waals surface area contributed by atoms with Gasteiger partial charge in [0.2, 0.25) is 10.0 Å². The summed E-state index contributed by atoms with van der Waals surface area (Å²) in [6, 6.07) is 6.95. The van der Waals surface area contributed by atoms with Crippen LogP contribution in [0.25, 0.3) is 0 Å². The number of sulfonamides is 1. The van der Waals surface area contributed by atoms with E-state index in [0.29, 0.717) is 18.1 Å². The SMILES string of the molecule is CCN(CC)C(CNS(=O)(=O)c1cn(C)c(=O)n(C)c1=O)c1ccccc1Cl. The molecule has 0 spiro atoms. The van der Waals surface area contributed by atoms with E-state index in [1.807, 2.05) is 32.0 Å². The number of hydrogen-bond acceptors (Lipinski definition) is 5. The zero-order valence-electron chi connectivity index (χ0n) is 16.3. The Morgan fingerprint density at radius 1 is 1.14 bits per heavy atom. The molecular formula is C18H25ClN4O4S. The van der Waals surface area contributed by atoms with Crippen molar-refractivity contribution in [3.05, 3.63) is 61.9 Å². The van der Waals surface area contributed by atoms with E-state index in [2.05, 4.69) is 9.62 Å². The summed E-state index contributed by atoms with van der Waals surface area (Å²) in [6.45, 7) is 5.36. The van der Waals surface area contributed by atoms with Crippen molar-refractivity contribution in [1.29, 1.82) is 0 Å². The smallest absolute Gasteiger partial charge is 0.302 e. The lowest BCUT2D eigenvalue weighted by Gasteiger charge is -2.30. The molecule has 0 saturated heterocycles. The maximum Gasteiger partial charge on any atom is 0.330 e. The van der Waals surface area contributed by atoms with E-state index in [1.165, 1.54) is 14.1 Å². The van der Waals surface area contributed by atoms with Gasteiger partial charge in [0, 0.05) is 37.9 Å². The molecular weight excluding hydrogens is 404 g/mol. The molecule has 0 aliphatic carbocycles. The van der Waals surface area contributed by atoms with Crippen molar-refractivity contribution < 1.29 is 8.42 Å². The number of aromatic nitrogens is 2. The van der Waals surface area contributed by atoms with Crippen LogP contribution in [0.5, 0.6) is 0 Å². The van der Waals surface area contributed by atoms with Crippen LogP contribution in [0.3, 0.4) is 0 Å². The number of rotatable bonds is 8. The molecule has 0 aliphatic rings. The van der Waals surface area contributed by atoms with Crippen molar-refractivity contribution in [3.63, 3.8) is 0 Å². The first-order valence-corrected chi connectivity index (χ1v) is 10.7. The second-order valence-corrected chi connectivity index (χ2v) is 8.50. The molecule has 1 aromatic carbocycles. The molecule has 0 fully saturated rings. The molecule has 10 heteroatoms. The van der Waals surface area contributed by atoms with E-state index >= 15 is 0 Å². The van der Waals surface area contributed by atoms with Crippen LogP contribution in [0.15, 0.2) is 44.9 Å². The van der Waals surface area contributed by atoms with Crippen LogP contribution in [0, 0.1) is 0 Å². The van der Waals surface area contributed by atoms with Gasteiger partial charge >= 0.3 is 5.69 Å².